The maximum atomic E-state index is 12.9. The lowest BCUT2D eigenvalue weighted by Crippen LogP contribution is -2.45. The highest BCUT2D eigenvalue weighted by molar-refractivity contribution is 5.87. The first kappa shape index (κ1) is 14.0. The Hall–Kier alpha value is -1.42. The second-order valence-electron chi connectivity index (χ2n) is 5.84. The summed E-state index contributed by atoms with van der Waals surface area (Å²) in [6, 6.07) is 6.10. The molecule has 1 aliphatic carbocycles. The van der Waals surface area contributed by atoms with Crippen molar-refractivity contribution >= 4 is 5.91 Å². The van der Waals surface area contributed by atoms with Crippen molar-refractivity contribution in [3.63, 3.8) is 0 Å². The van der Waals surface area contributed by atoms with E-state index in [-0.39, 0.29) is 17.8 Å². The monoisotopic (exact) mass is 264 g/mol. The Bertz CT molecular complexity index is 452. The molecule has 0 bridgehead atoms. The zero-order chi connectivity index (χ0) is 14.0. The van der Waals surface area contributed by atoms with Crippen LogP contribution in [-0.2, 0) is 10.2 Å². The van der Waals surface area contributed by atoms with Crippen LogP contribution in [0, 0.1) is 11.7 Å². The zero-order valence-electron chi connectivity index (χ0n) is 11.4. The maximum Gasteiger partial charge on any atom is 0.230 e. The van der Waals surface area contributed by atoms with E-state index in [9.17, 15) is 9.18 Å². The molecule has 1 fully saturated rings. The van der Waals surface area contributed by atoms with Gasteiger partial charge in [-0.2, -0.15) is 0 Å². The second-order valence-corrected chi connectivity index (χ2v) is 5.84. The Morgan fingerprint density at radius 3 is 2.53 bits per heavy atom. The molecule has 4 heteroatoms. The number of nitrogens with one attached hydrogen (secondary N) is 1. The van der Waals surface area contributed by atoms with Gasteiger partial charge in [0, 0.05) is 12.6 Å². The number of benzene rings is 1. The molecule has 104 valence electrons. The lowest BCUT2D eigenvalue weighted by Gasteiger charge is -2.25. The van der Waals surface area contributed by atoms with Gasteiger partial charge in [0.2, 0.25) is 5.91 Å². The molecule has 19 heavy (non-hydrogen) atoms. The van der Waals surface area contributed by atoms with Crippen LogP contribution in [0.2, 0.25) is 0 Å². The number of halogens is 1. The smallest absolute Gasteiger partial charge is 0.230 e. The molecular weight excluding hydrogens is 243 g/mol. The van der Waals surface area contributed by atoms with E-state index in [2.05, 4.69) is 5.32 Å². The van der Waals surface area contributed by atoms with E-state index in [4.69, 9.17) is 5.73 Å². The van der Waals surface area contributed by atoms with Crippen molar-refractivity contribution in [2.45, 2.75) is 38.1 Å². The Kier molecular flexibility index (Phi) is 3.90. The van der Waals surface area contributed by atoms with E-state index >= 15 is 0 Å². The topological polar surface area (TPSA) is 55.1 Å². The van der Waals surface area contributed by atoms with Crippen molar-refractivity contribution in [2.75, 3.05) is 6.54 Å². The summed E-state index contributed by atoms with van der Waals surface area (Å²) in [6.07, 6.45) is 2.33. The molecule has 1 aliphatic rings. The average Bonchev–Trinajstić information content (AvgIpc) is 3.20. The molecule has 0 aliphatic heterocycles. The van der Waals surface area contributed by atoms with Gasteiger partial charge in [0.15, 0.2) is 0 Å². The Morgan fingerprint density at radius 2 is 2.00 bits per heavy atom. The Balaban J connectivity index is 1.97. The summed E-state index contributed by atoms with van der Waals surface area (Å²) >= 11 is 0. The summed E-state index contributed by atoms with van der Waals surface area (Å²) in [4.78, 5) is 12.2. The third-order valence-corrected chi connectivity index (χ3v) is 3.86. The molecule has 3 N–H and O–H groups in total. The van der Waals surface area contributed by atoms with E-state index in [1.165, 1.54) is 25.0 Å². The summed E-state index contributed by atoms with van der Waals surface area (Å²) in [6.45, 7) is 4.17. The number of amides is 1. The molecule has 1 aromatic carbocycles. The molecule has 0 saturated heterocycles. The Labute approximate surface area is 113 Å². The van der Waals surface area contributed by atoms with E-state index in [0.29, 0.717) is 12.5 Å². The number of hydrogen-bond acceptors (Lipinski definition) is 2. The molecule has 2 rings (SSSR count). The normalized spacial score (nSPS) is 17.1. The van der Waals surface area contributed by atoms with Crippen LogP contribution in [0.5, 0.6) is 0 Å². The van der Waals surface area contributed by atoms with Gasteiger partial charge in [-0.3, -0.25) is 4.79 Å². The van der Waals surface area contributed by atoms with Crippen LogP contribution < -0.4 is 11.1 Å². The van der Waals surface area contributed by atoms with E-state index in [0.717, 1.165) is 5.56 Å². The fourth-order valence-electron chi connectivity index (χ4n) is 2.12. The van der Waals surface area contributed by atoms with Gasteiger partial charge in [-0.25, -0.2) is 4.39 Å². The summed E-state index contributed by atoms with van der Waals surface area (Å²) < 4.78 is 12.9. The van der Waals surface area contributed by atoms with Gasteiger partial charge in [-0.1, -0.05) is 12.1 Å². The van der Waals surface area contributed by atoms with E-state index in [1.807, 2.05) is 13.8 Å². The van der Waals surface area contributed by atoms with Gasteiger partial charge in [-0.15, -0.1) is 0 Å². The molecular formula is C15H21FN2O. The third-order valence-electron chi connectivity index (χ3n) is 3.86. The largest absolute Gasteiger partial charge is 0.354 e. The molecule has 0 spiro atoms. The highest BCUT2D eigenvalue weighted by atomic mass is 19.1. The number of carbonyl (C=O) groups excluding carboxylic acids is 1. The fraction of sp³-hybridized carbons (Fsp3) is 0.533. The fourth-order valence-corrected chi connectivity index (χ4v) is 2.12. The van der Waals surface area contributed by atoms with E-state index < -0.39 is 5.41 Å². The third kappa shape index (κ3) is 3.32. The number of hydrogen-bond donors (Lipinski definition) is 2. The first-order valence-electron chi connectivity index (χ1n) is 6.71. The highest BCUT2D eigenvalue weighted by Gasteiger charge is 2.32. The van der Waals surface area contributed by atoms with Crippen molar-refractivity contribution < 1.29 is 9.18 Å². The van der Waals surface area contributed by atoms with Crippen molar-refractivity contribution in [1.82, 2.24) is 5.32 Å². The molecule has 0 aromatic heterocycles. The maximum absolute atomic E-state index is 12.9. The van der Waals surface area contributed by atoms with Gasteiger partial charge in [-0.05, 0) is 50.3 Å². The molecule has 1 unspecified atom stereocenters. The van der Waals surface area contributed by atoms with Crippen molar-refractivity contribution in [2.24, 2.45) is 11.7 Å². The van der Waals surface area contributed by atoms with Gasteiger partial charge >= 0.3 is 0 Å². The van der Waals surface area contributed by atoms with Crippen LogP contribution in [0.3, 0.4) is 0 Å². The first-order chi connectivity index (χ1) is 8.91. The summed E-state index contributed by atoms with van der Waals surface area (Å²) in [5.74, 6) is 0.195. The van der Waals surface area contributed by atoms with Crippen LogP contribution in [0.1, 0.15) is 32.3 Å². The zero-order valence-corrected chi connectivity index (χ0v) is 11.4. The quantitative estimate of drug-likeness (QED) is 0.854. The van der Waals surface area contributed by atoms with Gasteiger partial charge in [0.25, 0.3) is 0 Å². The molecule has 1 aromatic rings. The standard InChI is InChI=1S/C15H21FN2O/c1-15(2,11-5-7-12(16)8-6-11)14(19)18-9-13(17)10-3-4-10/h5-8,10,13H,3-4,9,17H2,1-2H3,(H,18,19). The summed E-state index contributed by atoms with van der Waals surface area (Å²) in [7, 11) is 0. The van der Waals surface area contributed by atoms with Crippen LogP contribution in [0.15, 0.2) is 24.3 Å². The molecule has 0 radical (unpaired) electrons. The van der Waals surface area contributed by atoms with Crippen LogP contribution in [0.4, 0.5) is 4.39 Å². The minimum Gasteiger partial charge on any atom is -0.354 e. The van der Waals surface area contributed by atoms with Crippen LogP contribution in [-0.4, -0.2) is 18.5 Å². The van der Waals surface area contributed by atoms with Crippen molar-refractivity contribution in [3.8, 4) is 0 Å². The second kappa shape index (κ2) is 5.29. The summed E-state index contributed by atoms with van der Waals surface area (Å²) in [5.41, 5.74) is 6.08. The molecule has 1 amide bonds. The van der Waals surface area contributed by atoms with Crippen LogP contribution >= 0.6 is 0 Å². The first-order valence-corrected chi connectivity index (χ1v) is 6.71. The highest BCUT2D eigenvalue weighted by Crippen LogP contribution is 2.31. The van der Waals surface area contributed by atoms with Gasteiger partial charge < -0.3 is 11.1 Å². The average molecular weight is 264 g/mol. The van der Waals surface area contributed by atoms with Crippen molar-refractivity contribution in [1.29, 1.82) is 0 Å². The summed E-state index contributed by atoms with van der Waals surface area (Å²) in [5, 5.41) is 2.90. The van der Waals surface area contributed by atoms with Gasteiger partial charge in [0.1, 0.15) is 5.82 Å². The van der Waals surface area contributed by atoms with Gasteiger partial charge in [0.05, 0.1) is 5.41 Å². The molecule has 1 saturated carbocycles. The minimum absolute atomic E-state index is 0.0490. The molecule has 1 atom stereocenters. The van der Waals surface area contributed by atoms with Crippen molar-refractivity contribution in [3.05, 3.63) is 35.6 Å². The molecule has 0 heterocycles. The SMILES string of the molecule is CC(C)(C(=O)NCC(N)C1CC1)c1ccc(F)cc1. The number of nitrogens with two attached hydrogens (primary N) is 1. The Morgan fingerprint density at radius 1 is 1.42 bits per heavy atom. The van der Waals surface area contributed by atoms with Crippen LogP contribution in [0.25, 0.3) is 0 Å². The lowest BCUT2D eigenvalue weighted by molar-refractivity contribution is -0.125. The number of rotatable bonds is 5. The molecule has 3 nitrogen and oxygen atoms in total. The lowest BCUT2D eigenvalue weighted by atomic mass is 9.83. The number of carbonyl (C=O) groups is 1. The van der Waals surface area contributed by atoms with E-state index in [1.54, 1.807) is 12.1 Å². The predicted octanol–water partition coefficient (Wildman–Crippen LogP) is 1.96. The minimum atomic E-state index is -0.684. The predicted molar refractivity (Wildman–Crippen MR) is 73.1 cm³/mol.